The number of aromatic nitrogens is 3. The molecule has 0 bridgehead atoms. The van der Waals surface area contributed by atoms with E-state index in [4.69, 9.17) is 11.6 Å². The molecule has 0 saturated carbocycles. The van der Waals surface area contributed by atoms with Gasteiger partial charge in [0.05, 0.1) is 5.02 Å². The number of hydrogen-bond donors (Lipinski definition) is 0. The van der Waals surface area contributed by atoms with Crippen LogP contribution >= 0.6 is 22.9 Å². The zero-order valence-electron chi connectivity index (χ0n) is 12.7. The van der Waals surface area contributed by atoms with Crippen molar-refractivity contribution in [1.82, 2.24) is 19.7 Å². The van der Waals surface area contributed by atoms with Gasteiger partial charge < -0.3 is 9.47 Å². The molecule has 0 spiro atoms. The number of hydrogen-bond acceptors (Lipinski definition) is 4. The molecule has 2 aromatic rings. The summed E-state index contributed by atoms with van der Waals surface area (Å²) in [6.45, 7) is 5.74. The third-order valence-corrected chi connectivity index (χ3v) is 5.45. The zero-order chi connectivity index (χ0) is 15.7. The standard InChI is InChI=1S/C15H19ClN4OS/c1-10(2)20-9-17-18-14(20)11-3-6-19(7-4-11)15(21)13-12(16)5-8-22-13/h5,8-11H,3-4,6-7H2,1-2H3. The van der Waals surface area contributed by atoms with E-state index in [1.807, 2.05) is 10.3 Å². The van der Waals surface area contributed by atoms with Gasteiger partial charge in [0.2, 0.25) is 0 Å². The average Bonchev–Trinajstić information content (AvgIpc) is 3.15. The topological polar surface area (TPSA) is 51.0 Å². The van der Waals surface area contributed by atoms with Crippen molar-refractivity contribution >= 4 is 28.8 Å². The fourth-order valence-electron chi connectivity index (χ4n) is 2.87. The molecule has 1 aliphatic heterocycles. The summed E-state index contributed by atoms with van der Waals surface area (Å²) < 4.78 is 2.12. The summed E-state index contributed by atoms with van der Waals surface area (Å²) in [5.74, 6) is 1.45. The fraction of sp³-hybridized carbons (Fsp3) is 0.533. The van der Waals surface area contributed by atoms with Gasteiger partial charge in [0, 0.05) is 25.0 Å². The Hall–Kier alpha value is -1.40. The minimum atomic E-state index is 0.0452. The quantitative estimate of drug-likeness (QED) is 0.859. The maximum Gasteiger partial charge on any atom is 0.265 e. The van der Waals surface area contributed by atoms with Crippen molar-refractivity contribution in [2.45, 2.75) is 38.6 Å². The van der Waals surface area contributed by atoms with Crippen molar-refractivity contribution in [2.75, 3.05) is 13.1 Å². The molecule has 0 unspecified atom stereocenters. The van der Waals surface area contributed by atoms with Gasteiger partial charge in [-0.15, -0.1) is 21.5 Å². The summed E-state index contributed by atoms with van der Waals surface area (Å²) in [7, 11) is 0. The number of amides is 1. The number of rotatable bonds is 3. The molecule has 5 nitrogen and oxygen atoms in total. The van der Waals surface area contributed by atoms with Gasteiger partial charge in [-0.3, -0.25) is 4.79 Å². The Morgan fingerprint density at radius 3 is 2.73 bits per heavy atom. The molecule has 0 atom stereocenters. The third kappa shape index (κ3) is 2.90. The number of carbonyl (C=O) groups is 1. The van der Waals surface area contributed by atoms with Gasteiger partial charge >= 0.3 is 0 Å². The summed E-state index contributed by atoms with van der Waals surface area (Å²) in [5, 5.41) is 10.7. The molecule has 1 saturated heterocycles. The predicted molar refractivity (Wildman–Crippen MR) is 87.6 cm³/mol. The minimum absolute atomic E-state index is 0.0452. The Balaban J connectivity index is 1.67. The Kier molecular flexibility index (Phi) is 4.49. The lowest BCUT2D eigenvalue weighted by Crippen LogP contribution is -2.38. The Morgan fingerprint density at radius 2 is 2.14 bits per heavy atom. The maximum atomic E-state index is 12.5. The monoisotopic (exact) mass is 338 g/mol. The average molecular weight is 339 g/mol. The van der Waals surface area contributed by atoms with Crippen LogP contribution in [0.25, 0.3) is 0 Å². The van der Waals surface area contributed by atoms with E-state index in [1.54, 1.807) is 12.4 Å². The molecule has 3 heterocycles. The number of carbonyl (C=O) groups excluding carboxylic acids is 1. The SMILES string of the molecule is CC(C)n1cnnc1C1CCN(C(=O)c2sccc2Cl)CC1. The first-order chi connectivity index (χ1) is 10.6. The van der Waals surface area contributed by atoms with Crippen LogP contribution in [0.4, 0.5) is 0 Å². The molecule has 0 aromatic carbocycles. The van der Waals surface area contributed by atoms with E-state index in [0.29, 0.717) is 21.9 Å². The first-order valence-corrected chi connectivity index (χ1v) is 8.75. The van der Waals surface area contributed by atoms with Crippen molar-refractivity contribution in [3.05, 3.63) is 33.5 Å². The normalized spacial score (nSPS) is 16.5. The third-order valence-electron chi connectivity index (χ3n) is 4.12. The molecular weight excluding hydrogens is 320 g/mol. The van der Waals surface area contributed by atoms with Crippen LogP contribution in [0.2, 0.25) is 5.02 Å². The Labute approximate surface area is 138 Å². The summed E-state index contributed by atoms with van der Waals surface area (Å²) in [6, 6.07) is 2.13. The van der Waals surface area contributed by atoms with E-state index in [9.17, 15) is 4.79 Å². The Morgan fingerprint density at radius 1 is 1.41 bits per heavy atom. The van der Waals surface area contributed by atoms with E-state index >= 15 is 0 Å². The van der Waals surface area contributed by atoms with Crippen molar-refractivity contribution < 1.29 is 4.79 Å². The van der Waals surface area contributed by atoms with E-state index in [2.05, 4.69) is 28.6 Å². The maximum absolute atomic E-state index is 12.5. The molecule has 1 fully saturated rings. The highest BCUT2D eigenvalue weighted by atomic mass is 35.5. The largest absolute Gasteiger partial charge is 0.338 e. The number of nitrogens with zero attached hydrogens (tertiary/aromatic N) is 4. The van der Waals surface area contributed by atoms with Crippen molar-refractivity contribution in [3.63, 3.8) is 0 Å². The fourth-order valence-corrected chi connectivity index (χ4v) is 3.98. The molecule has 3 rings (SSSR count). The van der Waals surface area contributed by atoms with Crippen LogP contribution in [-0.4, -0.2) is 38.7 Å². The number of piperidine rings is 1. The molecule has 0 N–H and O–H groups in total. The number of thiophene rings is 1. The highest BCUT2D eigenvalue weighted by Gasteiger charge is 2.28. The summed E-state index contributed by atoms with van der Waals surface area (Å²) >= 11 is 7.47. The predicted octanol–water partition coefficient (Wildman–Crippen LogP) is 3.59. The first-order valence-electron chi connectivity index (χ1n) is 7.49. The second kappa shape index (κ2) is 6.38. The van der Waals surface area contributed by atoms with Crippen molar-refractivity contribution in [3.8, 4) is 0 Å². The van der Waals surface area contributed by atoms with Gasteiger partial charge in [0.1, 0.15) is 17.0 Å². The van der Waals surface area contributed by atoms with Gasteiger partial charge in [-0.2, -0.15) is 0 Å². The van der Waals surface area contributed by atoms with Gasteiger partial charge in [-0.05, 0) is 38.1 Å². The number of likely N-dealkylation sites (tertiary alicyclic amines) is 1. The number of halogens is 1. The molecule has 2 aromatic heterocycles. The molecule has 0 radical (unpaired) electrons. The van der Waals surface area contributed by atoms with Crippen molar-refractivity contribution in [1.29, 1.82) is 0 Å². The van der Waals surface area contributed by atoms with Crippen LogP contribution in [0.15, 0.2) is 17.8 Å². The van der Waals surface area contributed by atoms with Crippen LogP contribution in [0, 0.1) is 0 Å². The lowest BCUT2D eigenvalue weighted by molar-refractivity contribution is 0.0715. The molecule has 1 amide bonds. The van der Waals surface area contributed by atoms with E-state index in [0.717, 1.165) is 31.8 Å². The van der Waals surface area contributed by atoms with Gasteiger partial charge in [0.15, 0.2) is 0 Å². The molecule has 0 aliphatic carbocycles. The molecular formula is C15H19ClN4OS. The van der Waals surface area contributed by atoms with Gasteiger partial charge in [-0.1, -0.05) is 11.6 Å². The van der Waals surface area contributed by atoms with Gasteiger partial charge in [-0.25, -0.2) is 0 Å². The van der Waals surface area contributed by atoms with Crippen LogP contribution in [0.3, 0.4) is 0 Å². The van der Waals surface area contributed by atoms with E-state index in [1.165, 1.54) is 11.3 Å². The summed E-state index contributed by atoms with van der Waals surface area (Å²) in [6.07, 6.45) is 3.63. The lowest BCUT2D eigenvalue weighted by Gasteiger charge is -2.31. The van der Waals surface area contributed by atoms with Crippen LogP contribution < -0.4 is 0 Å². The van der Waals surface area contributed by atoms with Crippen molar-refractivity contribution in [2.24, 2.45) is 0 Å². The summed E-state index contributed by atoms with van der Waals surface area (Å²) in [4.78, 5) is 15.0. The molecule has 7 heteroatoms. The van der Waals surface area contributed by atoms with Crippen LogP contribution in [-0.2, 0) is 0 Å². The second-order valence-corrected chi connectivity index (χ2v) is 7.18. The smallest absolute Gasteiger partial charge is 0.265 e. The van der Waals surface area contributed by atoms with E-state index in [-0.39, 0.29) is 5.91 Å². The minimum Gasteiger partial charge on any atom is -0.338 e. The van der Waals surface area contributed by atoms with Crippen LogP contribution in [0.1, 0.15) is 54.1 Å². The highest BCUT2D eigenvalue weighted by Crippen LogP contribution is 2.30. The van der Waals surface area contributed by atoms with Crippen LogP contribution in [0.5, 0.6) is 0 Å². The molecule has 118 valence electrons. The zero-order valence-corrected chi connectivity index (χ0v) is 14.3. The summed E-state index contributed by atoms with van der Waals surface area (Å²) in [5.41, 5.74) is 0. The Bertz CT molecular complexity index is 658. The lowest BCUT2D eigenvalue weighted by atomic mass is 9.95. The van der Waals surface area contributed by atoms with Gasteiger partial charge in [0.25, 0.3) is 5.91 Å². The van der Waals surface area contributed by atoms with E-state index < -0.39 is 0 Å². The first kappa shape index (κ1) is 15.5. The molecule has 22 heavy (non-hydrogen) atoms. The highest BCUT2D eigenvalue weighted by molar-refractivity contribution is 7.12. The second-order valence-electron chi connectivity index (χ2n) is 5.85. The molecule has 1 aliphatic rings.